The van der Waals surface area contributed by atoms with Gasteiger partial charge in [0.1, 0.15) is 15.7 Å². The Bertz CT molecular complexity index is 774. The first-order valence-corrected chi connectivity index (χ1v) is 7.68. The van der Waals surface area contributed by atoms with E-state index in [4.69, 9.17) is 16.3 Å². The van der Waals surface area contributed by atoms with Gasteiger partial charge in [0.15, 0.2) is 5.82 Å². The summed E-state index contributed by atoms with van der Waals surface area (Å²) in [4.78, 5) is 11.9. The SMILES string of the molecule is COc1cccc(N(C)Cc2nc(Cl)c3ccsc3n2)c1. The lowest BCUT2D eigenvalue weighted by Gasteiger charge is -2.19. The van der Waals surface area contributed by atoms with E-state index in [9.17, 15) is 0 Å². The quantitative estimate of drug-likeness (QED) is 0.682. The van der Waals surface area contributed by atoms with Crippen molar-refractivity contribution in [3.63, 3.8) is 0 Å². The predicted octanol–water partition coefficient (Wildman–Crippen LogP) is 3.99. The number of hydrogen-bond acceptors (Lipinski definition) is 5. The number of fused-ring (bicyclic) bond motifs is 1. The number of thiophene rings is 1. The summed E-state index contributed by atoms with van der Waals surface area (Å²) in [6.45, 7) is 0.584. The minimum atomic E-state index is 0.510. The van der Waals surface area contributed by atoms with Gasteiger partial charge in [0.25, 0.3) is 0 Å². The molecule has 2 heterocycles. The standard InChI is InChI=1S/C15H14ClN3OS/c1-19(10-4-3-5-11(8-10)20-2)9-13-17-14(16)12-6-7-21-15(12)18-13/h3-8H,9H2,1-2H3. The van der Waals surface area contributed by atoms with E-state index in [2.05, 4.69) is 14.9 Å². The second-order valence-electron chi connectivity index (χ2n) is 4.63. The number of aromatic nitrogens is 2. The first kappa shape index (κ1) is 14.1. The van der Waals surface area contributed by atoms with Crippen LogP contribution in [-0.4, -0.2) is 24.1 Å². The molecule has 3 rings (SSSR count). The Balaban J connectivity index is 1.86. The Morgan fingerprint density at radius 2 is 2.14 bits per heavy atom. The van der Waals surface area contributed by atoms with E-state index in [-0.39, 0.29) is 0 Å². The van der Waals surface area contributed by atoms with Crippen molar-refractivity contribution in [2.45, 2.75) is 6.54 Å². The molecule has 0 radical (unpaired) electrons. The molecule has 108 valence electrons. The van der Waals surface area contributed by atoms with Crippen molar-refractivity contribution >= 4 is 38.8 Å². The molecule has 0 N–H and O–H groups in total. The summed E-state index contributed by atoms with van der Waals surface area (Å²) in [7, 11) is 3.65. The smallest absolute Gasteiger partial charge is 0.151 e. The molecule has 0 saturated heterocycles. The zero-order chi connectivity index (χ0) is 14.8. The molecule has 0 saturated carbocycles. The summed E-state index contributed by atoms with van der Waals surface area (Å²) in [5.41, 5.74) is 1.04. The molecule has 0 unspecified atom stereocenters. The Morgan fingerprint density at radius 1 is 1.29 bits per heavy atom. The summed E-state index contributed by atoms with van der Waals surface area (Å²) in [5.74, 6) is 1.53. The normalized spacial score (nSPS) is 10.8. The van der Waals surface area contributed by atoms with E-state index in [1.54, 1.807) is 18.4 Å². The van der Waals surface area contributed by atoms with Crippen LogP contribution in [0.4, 0.5) is 5.69 Å². The highest BCUT2D eigenvalue weighted by atomic mass is 35.5. The van der Waals surface area contributed by atoms with Gasteiger partial charge >= 0.3 is 0 Å². The molecule has 4 nitrogen and oxygen atoms in total. The van der Waals surface area contributed by atoms with Crippen molar-refractivity contribution in [3.8, 4) is 5.75 Å². The van der Waals surface area contributed by atoms with Gasteiger partial charge in [0.05, 0.1) is 13.7 Å². The number of rotatable bonds is 4. The Hall–Kier alpha value is -1.85. The fraction of sp³-hybridized carbons (Fsp3) is 0.200. The monoisotopic (exact) mass is 319 g/mol. The van der Waals surface area contributed by atoms with E-state index in [1.807, 2.05) is 42.8 Å². The van der Waals surface area contributed by atoms with Crippen LogP contribution in [0.25, 0.3) is 10.2 Å². The topological polar surface area (TPSA) is 38.2 Å². The van der Waals surface area contributed by atoms with Crippen LogP contribution in [0.1, 0.15) is 5.82 Å². The van der Waals surface area contributed by atoms with Gasteiger partial charge in [-0.1, -0.05) is 17.7 Å². The van der Waals surface area contributed by atoms with E-state index in [0.29, 0.717) is 17.5 Å². The maximum atomic E-state index is 6.20. The second-order valence-corrected chi connectivity index (χ2v) is 5.88. The van der Waals surface area contributed by atoms with Gasteiger partial charge in [-0.3, -0.25) is 0 Å². The lowest BCUT2D eigenvalue weighted by Crippen LogP contribution is -2.18. The molecule has 0 amide bonds. The van der Waals surface area contributed by atoms with Crippen LogP contribution < -0.4 is 9.64 Å². The van der Waals surface area contributed by atoms with Gasteiger partial charge in [0.2, 0.25) is 0 Å². The number of benzene rings is 1. The minimum absolute atomic E-state index is 0.510. The summed E-state index contributed by atoms with van der Waals surface area (Å²) in [6, 6.07) is 9.82. The number of nitrogens with zero attached hydrogens (tertiary/aromatic N) is 3. The largest absolute Gasteiger partial charge is 0.497 e. The maximum Gasteiger partial charge on any atom is 0.151 e. The van der Waals surface area contributed by atoms with E-state index >= 15 is 0 Å². The molecule has 0 aliphatic rings. The van der Waals surface area contributed by atoms with Crippen LogP contribution in [0.3, 0.4) is 0 Å². The average Bonchev–Trinajstić information content (AvgIpc) is 2.96. The molecular weight excluding hydrogens is 306 g/mol. The molecule has 3 aromatic rings. The van der Waals surface area contributed by atoms with Crippen LogP contribution in [0.15, 0.2) is 35.7 Å². The average molecular weight is 320 g/mol. The van der Waals surface area contributed by atoms with Crippen LogP contribution in [0.2, 0.25) is 5.15 Å². The molecular formula is C15H14ClN3OS. The van der Waals surface area contributed by atoms with Gasteiger partial charge in [0, 0.05) is 24.2 Å². The third-order valence-corrected chi connectivity index (χ3v) is 4.29. The van der Waals surface area contributed by atoms with Gasteiger partial charge in [-0.15, -0.1) is 11.3 Å². The molecule has 2 aromatic heterocycles. The Morgan fingerprint density at radius 3 is 2.95 bits per heavy atom. The number of halogens is 1. The number of methoxy groups -OCH3 is 1. The second kappa shape index (κ2) is 5.87. The van der Waals surface area contributed by atoms with E-state index in [0.717, 1.165) is 21.7 Å². The highest BCUT2D eigenvalue weighted by Crippen LogP contribution is 2.26. The van der Waals surface area contributed by atoms with Crippen molar-refractivity contribution in [2.24, 2.45) is 0 Å². The van der Waals surface area contributed by atoms with E-state index in [1.165, 1.54) is 0 Å². The fourth-order valence-corrected chi connectivity index (χ4v) is 3.17. The molecule has 0 aliphatic carbocycles. The third kappa shape index (κ3) is 2.94. The van der Waals surface area contributed by atoms with E-state index < -0.39 is 0 Å². The molecule has 0 bridgehead atoms. The molecule has 0 spiro atoms. The number of hydrogen-bond donors (Lipinski definition) is 0. The van der Waals surface area contributed by atoms with Crippen LogP contribution in [-0.2, 0) is 6.54 Å². The summed E-state index contributed by atoms with van der Waals surface area (Å²) < 4.78 is 5.24. The molecule has 0 atom stereocenters. The molecule has 21 heavy (non-hydrogen) atoms. The fourth-order valence-electron chi connectivity index (χ4n) is 2.08. The van der Waals surface area contributed by atoms with Crippen LogP contribution in [0, 0.1) is 0 Å². The number of ether oxygens (including phenoxy) is 1. The van der Waals surface area contributed by atoms with Crippen LogP contribution in [0.5, 0.6) is 5.75 Å². The van der Waals surface area contributed by atoms with Crippen molar-refractivity contribution in [3.05, 3.63) is 46.7 Å². The van der Waals surface area contributed by atoms with Gasteiger partial charge in [-0.2, -0.15) is 0 Å². The first-order chi connectivity index (χ1) is 10.2. The summed E-state index contributed by atoms with van der Waals surface area (Å²) in [6.07, 6.45) is 0. The Kier molecular flexibility index (Phi) is 3.94. The van der Waals surface area contributed by atoms with Gasteiger partial charge in [-0.25, -0.2) is 9.97 Å². The Labute approximate surface area is 132 Å². The lowest BCUT2D eigenvalue weighted by molar-refractivity contribution is 0.415. The van der Waals surface area contributed by atoms with Gasteiger partial charge < -0.3 is 9.64 Å². The third-order valence-electron chi connectivity index (χ3n) is 3.20. The highest BCUT2D eigenvalue weighted by molar-refractivity contribution is 7.16. The summed E-state index contributed by atoms with van der Waals surface area (Å²) >= 11 is 7.77. The predicted molar refractivity (Wildman–Crippen MR) is 87.5 cm³/mol. The molecule has 1 aromatic carbocycles. The van der Waals surface area contributed by atoms with Gasteiger partial charge in [-0.05, 0) is 23.6 Å². The zero-order valence-corrected chi connectivity index (χ0v) is 13.3. The van der Waals surface area contributed by atoms with Crippen molar-refractivity contribution in [2.75, 3.05) is 19.1 Å². The molecule has 0 aliphatic heterocycles. The molecule has 6 heteroatoms. The first-order valence-electron chi connectivity index (χ1n) is 6.42. The minimum Gasteiger partial charge on any atom is -0.497 e. The maximum absolute atomic E-state index is 6.20. The van der Waals surface area contributed by atoms with Crippen molar-refractivity contribution in [1.82, 2.24) is 9.97 Å². The van der Waals surface area contributed by atoms with Crippen molar-refractivity contribution < 1.29 is 4.74 Å². The van der Waals surface area contributed by atoms with Crippen LogP contribution >= 0.6 is 22.9 Å². The lowest BCUT2D eigenvalue weighted by atomic mass is 10.2. The molecule has 0 fully saturated rings. The number of anilines is 1. The summed E-state index contributed by atoms with van der Waals surface area (Å²) in [5, 5.41) is 3.39. The highest BCUT2D eigenvalue weighted by Gasteiger charge is 2.10. The zero-order valence-electron chi connectivity index (χ0n) is 11.7. The van der Waals surface area contributed by atoms with Crippen molar-refractivity contribution in [1.29, 1.82) is 0 Å².